The van der Waals surface area contributed by atoms with Crippen LogP contribution in [0.15, 0.2) is 18.2 Å². The first-order valence-electron chi connectivity index (χ1n) is 8.19. The van der Waals surface area contributed by atoms with Gasteiger partial charge in [-0.15, -0.1) is 0 Å². The highest BCUT2D eigenvalue weighted by atomic mass is 35.5. The van der Waals surface area contributed by atoms with Crippen molar-refractivity contribution in [2.45, 2.75) is 59.2 Å². The van der Waals surface area contributed by atoms with Gasteiger partial charge in [0.1, 0.15) is 17.5 Å². The number of alkyl carbamates (subject to hydrolysis) is 1. The van der Waals surface area contributed by atoms with Crippen LogP contribution in [0.4, 0.5) is 9.18 Å². The lowest BCUT2D eigenvalue weighted by Crippen LogP contribution is -2.48. The fourth-order valence-electron chi connectivity index (χ4n) is 2.14. The topological polar surface area (TPSA) is 67.4 Å². The predicted molar refractivity (Wildman–Crippen MR) is 95.9 cm³/mol. The number of halogens is 2. The summed E-state index contributed by atoms with van der Waals surface area (Å²) in [6.45, 7) is 9.08. The van der Waals surface area contributed by atoms with E-state index in [0.29, 0.717) is 6.42 Å². The Hall–Kier alpha value is -1.82. The van der Waals surface area contributed by atoms with Gasteiger partial charge < -0.3 is 15.4 Å². The molecule has 7 heteroatoms. The van der Waals surface area contributed by atoms with Crippen LogP contribution in [-0.4, -0.2) is 23.6 Å². The van der Waals surface area contributed by atoms with Crippen LogP contribution >= 0.6 is 11.6 Å². The number of amides is 2. The maximum atomic E-state index is 13.9. The second kappa shape index (κ2) is 9.04. The molecule has 0 unspecified atom stereocenters. The number of benzene rings is 1. The zero-order chi connectivity index (χ0) is 19.2. The average Bonchev–Trinajstić information content (AvgIpc) is 2.45. The molecule has 140 valence electrons. The first-order valence-corrected chi connectivity index (χ1v) is 8.57. The Morgan fingerprint density at radius 3 is 2.48 bits per heavy atom. The van der Waals surface area contributed by atoms with Gasteiger partial charge in [-0.1, -0.05) is 37.6 Å². The van der Waals surface area contributed by atoms with Crippen molar-refractivity contribution in [3.8, 4) is 0 Å². The molecule has 0 saturated heterocycles. The number of ether oxygens (including phenoxy) is 1. The van der Waals surface area contributed by atoms with Crippen molar-refractivity contribution in [3.05, 3.63) is 34.6 Å². The molecule has 2 amide bonds. The van der Waals surface area contributed by atoms with Crippen molar-refractivity contribution >= 4 is 23.6 Å². The molecule has 0 aliphatic carbocycles. The van der Waals surface area contributed by atoms with Gasteiger partial charge in [0.2, 0.25) is 5.91 Å². The first-order chi connectivity index (χ1) is 11.5. The van der Waals surface area contributed by atoms with Crippen molar-refractivity contribution in [2.75, 3.05) is 0 Å². The van der Waals surface area contributed by atoms with Gasteiger partial charge in [-0.05, 0) is 39.2 Å². The van der Waals surface area contributed by atoms with Crippen LogP contribution in [0, 0.1) is 11.7 Å². The summed E-state index contributed by atoms with van der Waals surface area (Å²) in [6.07, 6.45) is -0.231. The van der Waals surface area contributed by atoms with E-state index in [0.717, 1.165) is 0 Å². The molecular weight excluding hydrogens is 347 g/mol. The summed E-state index contributed by atoms with van der Waals surface area (Å²) in [5, 5.41) is 5.20. The number of carbonyl (C=O) groups excluding carboxylic acids is 2. The highest BCUT2D eigenvalue weighted by Gasteiger charge is 2.25. The maximum Gasteiger partial charge on any atom is 0.408 e. The Morgan fingerprint density at radius 1 is 1.28 bits per heavy atom. The highest BCUT2D eigenvalue weighted by Crippen LogP contribution is 2.17. The molecule has 2 N–H and O–H groups in total. The molecule has 25 heavy (non-hydrogen) atoms. The third-order valence-electron chi connectivity index (χ3n) is 3.20. The Kier molecular flexibility index (Phi) is 7.67. The van der Waals surface area contributed by atoms with Gasteiger partial charge in [0.05, 0.1) is 5.02 Å². The second-order valence-corrected chi connectivity index (χ2v) is 7.67. The number of hydrogen-bond acceptors (Lipinski definition) is 3. The summed E-state index contributed by atoms with van der Waals surface area (Å²) in [6, 6.07) is 3.82. The van der Waals surface area contributed by atoms with E-state index in [9.17, 15) is 14.0 Å². The molecule has 0 bridgehead atoms. The fraction of sp³-hybridized carbons (Fsp3) is 0.556. The molecule has 5 nitrogen and oxygen atoms in total. The van der Waals surface area contributed by atoms with Crippen molar-refractivity contribution in [2.24, 2.45) is 5.92 Å². The number of hydrogen-bond donors (Lipinski definition) is 2. The maximum absolute atomic E-state index is 13.9. The van der Waals surface area contributed by atoms with E-state index >= 15 is 0 Å². The average molecular weight is 373 g/mol. The van der Waals surface area contributed by atoms with Gasteiger partial charge >= 0.3 is 6.09 Å². The molecule has 0 aromatic heterocycles. The lowest BCUT2D eigenvalue weighted by Gasteiger charge is -2.24. The van der Waals surface area contributed by atoms with Gasteiger partial charge in [0.15, 0.2) is 0 Å². The van der Waals surface area contributed by atoms with E-state index in [1.54, 1.807) is 32.9 Å². The Labute approximate surface area is 153 Å². The van der Waals surface area contributed by atoms with Crippen LogP contribution in [-0.2, 0) is 16.1 Å². The molecule has 0 radical (unpaired) electrons. The molecule has 0 aliphatic rings. The molecule has 0 saturated carbocycles. The third-order valence-corrected chi connectivity index (χ3v) is 3.49. The zero-order valence-corrected chi connectivity index (χ0v) is 16.0. The van der Waals surface area contributed by atoms with Crippen LogP contribution in [0.5, 0.6) is 0 Å². The van der Waals surface area contributed by atoms with Crippen LogP contribution < -0.4 is 10.6 Å². The summed E-state index contributed by atoms with van der Waals surface area (Å²) >= 11 is 5.73. The molecule has 0 heterocycles. The van der Waals surface area contributed by atoms with Crippen molar-refractivity contribution in [1.29, 1.82) is 0 Å². The molecular formula is C18H26ClFN2O3. The molecule has 1 atom stereocenters. The molecule has 0 fully saturated rings. The van der Waals surface area contributed by atoms with Crippen LogP contribution in [0.2, 0.25) is 5.02 Å². The van der Waals surface area contributed by atoms with Crippen molar-refractivity contribution in [3.63, 3.8) is 0 Å². The highest BCUT2D eigenvalue weighted by molar-refractivity contribution is 6.30. The third kappa shape index (κ3) is 7.73. The van der Waals surface area contributed by atoms with Crippen molar-refractivity contribution in [1.82, 2.24) is 10.6 Å². The summed E-state index contributed by atoms with van der Waals surface area (Å²) in [7, 11) is 0. The Morgan fingerprint density at radius 2 is 1.92 bits per heavy atom. The van der Waals surface area contributed by atoms with E-state index in [1.807, 2.05) is 13.8 Å². The summed E-state index contributed by atoms with van der Waals surface area (Å²) in [4.78, 5) is 24.3. The second-order valence-electron chi connectivity index (χ2n) is 7.26. The summed E-state index contributed by atoms with van der Waals surface area (Å²) in [5.74, 6) is -0.794. The zero-order valence-electron chi connectivity index (χ0n) is 15.3. The lowest BCUT2D eigenvalue weighted by molar-refractivity contribution is -0.123. The van der Waals surface area contributed by atoms with Gasteiger partial charge in [0, 0.05) is 12.1 Å². The number of nitrogens with one attached hydrogen (secondary N) is 2. The molecule has 0 spiro atoms. The number of carbonyl (C=O) groups is 2. The smallest absolute Gasteiger partial charge is 0.408 e. The minimum Gasteiger partial charge on any atom is -0.444 e. The van der Waals surface area contributed by atoms with Crippen LogP contribution in [0.25, 0.3) is 0 Å². The van der Waals surface area contributed by atoms with Gasteiger partial charge in [-0.3, -0.25) is 4.79 Å². The summed E-state index contributed by atoms with van der Waals surface area (Å²) < 4.78 is 19.1. The molecule has 1 aromatic carbocycles. The van der Waals surface area contributed by atoms with Gasteiger partial charge in [-0.2, -0.15) is 0 Å². The lowest BCUT2D eigenvalue weighted by atomic mass is 10.0. The Balaban J connectivity index is 2.73. The van der Waals surface area contributed by atoms with Crippen LogP contribution in [0.3, 0.4) is 0 Å². The summed E-state index contributed by atoms with van der Waals surface area (Å²) in [5.41, 5.74) is -0.381. The van der Waals surface area contributed by atoms with E-state index < -0.39 is 29.5 Å². The minimum absolute atomic E-state index is 0.00245. The molecule has 1 aromatic rings. The minimum atomic E-state index is -0.767. The quantitative estimate of drug-likeness (QED) is 0.792. The number of rotatable bonds is 6. The predicted octanol–water partition coefficient (Wildman–Crippen LogP) is 4.03. The van der Waals surface area contributed by atoms with E-state index in [2.05, 4.69) is 10.6 Å². The van der Waals surface area contributed by atoms with Crippen molar-refractivity contribution < 1.29 is 18.7 Å². The standard InChI is InChI=1S/C18H26ClFN2O3/c1-11(2)9-14(22-17(24)25-18(3,4)5)16(23)21-10-12-7-6-8-13(19)15(12)20/h6-8,11,14H,9-10H2,1-5H3,(H,21,23)(H,22,24)/t14-/m0/s1. The van der Waals surface area contributed by atoms with Gasteiger partial charge in [-0.25, -0.2) is 9.18 Å². The van der Waals surface area contributed by atoms with Gasteiger partial charge in [0.25, 0.3) is 0 Å². The largest absolute Gasteiger partial charge is 0.444 e. The fourth-order valence-corrected chi connectivity index (χ4v) is 2.34. The van der Waals surface area contributed by atoms with Crippen LogP contribution in [0.1, 0.15) is 46.6 Å². The SMILES string of the molecule is CC(C)C[C@H](NC(=O)OC(C)(C)C)C(=O)NCc1cccc(Cl)c1F. The Bertz CT molecular complexity index is 615. The van der Waals surface area contributed by atoms with E-state index in [-0.39, 0.29) is 23.0 Å². The molecule has 0 aliphatic heterocycles. The normalized spacial score (nSPS) is 12.6. The monoisotopic (exact) mass is 372 g/mol. The van der Waals surface area contributed by atoms with E-state index in [4.69, 9.17) is 16.3 Å². The molecule has 1 rings (SSSR count). The first kappa shape index (κ1) is 21.2. The van der Waals surface area contributed by atoms with E-state index in [1.165, 1.54) is 6.07 Å².